The van der Waals surface area contributed by atoms with E-state index in [1.54, 1.807) is 62.6 Å². The van der Waals surface area contributed by atoms with Crippen LogP contribution in [0.2, 0.25) is 0 Å². The molecule has 10 nitrogen and oxygen atoms in total. The number of nitrogens with zero attached hydrogens (tertiary/aromatic N) is 4. The Morgan fingerprint density at radius 2 is 1.97 bits per heavy atom. The number of primary amides is 1. The van der Waals surface area contributed by atoms with Crippen molar-refractivity contribution in [2.24, 2.45) is 5.73 Å². The number of hydrogen-bond donors (Lipinski definition) is 2. The third-order valence-corrected chi connectivity index (χ3v) is 3.99. The molecular formula is C20H20N6O4. The molecule has 10 heteroatoms. The van der Waals surface area contributed by atoms with E-state index in [-0.39, 0.29) is 12.5 Å². The second-order valence-electron chi connectivity index (χ2n) is 6.17. The number of carbonyl (C=O) groups is 2. The molecule has 30 heavy (non-hydrogen) atoms. The number of ether oxygens (including phenoxy) is 2. The number of nitrogens with two attached hydrogens (primary N) is 1. The summed E-state index contributed by atoms with van der Waals surface area (Å²) in [5.41, 5.74) is 6.99. The first-order chi connectivity index (χ1) is 14.5. The molecule has 154 valence electrons. The minimum Gasteiger partial charge on any atom is -0.494 e. The zero-order valence-corrected chi connectivity index (χ0v) is 16.4. The van der Waals surface area contributed by atoms with Crippen LogP contribution < -0.4 is 20.5 Å². The first-order valence-electron chi connectivity index (χ1n) is 8.90. The van der Waals surface area contributed by atoms with Gasteiger partial charge in [-0.15, -0.1) is 5.10 Å². The Bertz CT molecular complexity index is 1080. The van der Waals surface area contributed by atoms with E-state index in [0.29, 0.717) is 28.7 Å². The summed E-state index contributed by atoms with van der Waals surface area (Å²) in [6, 6.07) is 12.0. The molecule has 3 rings (SSSR count). The van der Waals surface area contributed by atoms with Crippen LogP contribution in [-0.4, -0.2) is 45.7 Å². The van der Waals surface area contributed by atoms with Gasteiger partial charge in [-0.25, -0.2) is 0 Å². The van der Waals surface area contributed by atoms with Crippen LogP contribution in [0.5, 0.6) is 11.5 Å². The standard InChI is InChI=1S/C20H20N6O4/c1-13-23-24-25-26(13)17-11-15(6-9-18(17)29-2)22-20(28)10-5-14-3-7-16(8-4-14)30-12-19(21)27/h3-11H,12H2,1-2H3,(H2,21,27)(H,22,28)/b10-5+. The van der Waals surface area contributed by atoms with Crippen molar-refractivity contribution in [3.05, 3.63) is 59.9 Å². The summed E-state index contributed by atoms with van der Waals surface area (Å²) in [6.45, 7) is 1.57. The highest BCUT2D eigenvalue weighted by atomic mass is 16.5. The molecule has 0 unspecified atom stereocenters. The summed E-state index contributed by atoms with van der Waals surface area (Å²) in [7, 11) is 1.55. The molecule has 3 N–H and O–H groups in total. The largest absolute Gasteiger partial charge is 0.494 e. The maximum atomic E-state index is 12.3. The summed E-state index contributed by atoms with van der Waals surface area (Å²) in [6.07, 6.45) is 3.06. The van der Waals surface area contributed by atoms with E-state index in [9.17, 15) is 9.59 Å². The number of nitrogens with one attached hydrogen (secondary N) is 1. The van der Waals surface area contributed by atoms with Crippen molar-refractivity contribution >= 4 is 23.6 Å². The van der Waals surface area contributed by atoms with Crippen molar-refractivity contribution < 1.29 is 19.1 Å². The van der Waals surface area contributed by atoms with Crippen molar-refractivity contribution in [3.8, 4) is 17.2 Å². The van der Waals surface area contributed by atoms with Crippen molar-refractivity contribution in [3.63, 3.8) is 0 Å². The van der Waals surface area contributed by atoms with Gasteiger partial charge < -0.3 is 20.5 Å². The van der Waals surface area contributed by atoms with E-state index in [2.05, 4.69) is 20.8 Å². The number of amides is 2. The van der Waals surface area contributed by atoms with E-state index >= 15 is 0 Å². The zero-order chi connectivity index (χ0) is 21.5. The lowest BCUT2D eigenvalue weighted by molar-refractivity contribution is -0.120. The van der Waals surface area contributed by atoms with Crippen molar-refractivity contribution in [1.82, 2.24) is 20.2 Å². The Morgan fingerprint density at radius 3 is 2.60 bits per heavy atom. The number of rotatable bonds is 8. The minimum absolute atomic E-state index is 0.189. The molecule has 2 amide bonds. The second-order valence-corrected chi connectivity index (χ2v) is 6.17. The van der Waals surface area contributed by atoms with Crippen molar-refractivity contribution in [1.29, 1.82) is 0 Å². The van der Waals surface area contributed by atoms with Crippen LogP contribution in [0.25, 0.3) is 11.8 Å². The lowest BCUT2D eigenvalue weighted by atomic mass is 10.2. The van der Waals surface area contributed by atoms with E-state index in [0.717, 1.165) is 5.56 Å². The molecule has 1 heterocycles. The SMILES string of the molecule is COc1ccc(NC(=O)/C=C/c2ccc(OCC(N)=O)cc2)cc1-n1nnnc1C. The lowest BCUT2D eigenvalue weighted by Gasteiger charge is -2.11. The predicted octanol–water partition coefficient (Wildman–Crippen LogP) is 1.50. The fourth-order valence-electron chi connectivity index (χ4n) is 2.57. The van der Waals surface area contributed by atoms with Gasteiger partial charge in [0, 0.05) is 11.8 Å². The second kappa shape index (κ2) is 9.32. The zero-order valence-electron chi connectivity index (χ0n) is 16.4. The summed E-state index contributed by atoms with van der Waals surface area (Å²) in [4.78, 5) is 23.0. The van der Waals surface area contributed by atoms with Crippen LogP contribution in [0.3, 0.4) is 0 Å². The minimum atomic E-state index is -0.549. The van der Waals surface area contributed by atoms with Gasteiger partial charge in [-0.1, -0.05) is 12.1 Å². The van der Waals surface area contributed by atoms with Crippen molar-refractivity contribution in [2.45, 2.75) is 6.92 Å². The fraction of sp³-hybridized carbons (Fsp3) is 0.150. The van der Waals surface area contributed by atoms with Crippen molar-refractivity contribution in [2.75, 3.05) is 19.0 Å². The molecular weight excluding hydrogens is 388 g/mol. The lowest BCUT2D eigenvalue weighted by Crippen LogP contribution is -2.19. The first kappa shape index (κ1) is 20.5. The van der Waals surface area contributed by atoms with Gasteiger partial charge in [-0.3, -0.25) is 9.59 Å². The van der Waals surface area contributed by atoms with Crippen LogP contribution in [-0.2, 0) is 9.59 Å². The molecule has 0 aliphatic heterocycles. The fourth-order valence-corrected chi connectivity index (χ4v) is 2.57. The number of aromatic nitrogens is 4. The van der Waals surface area contributed by atoms with Gasteiger partial charge in [0.2, 0.25) is 5.91 Å². The molecule has 1 aromatic heterocycles. The van der Waals surface area contributed by atoms with Crippen LogP contribution >= 0.6 is 0 Å². The van der Waals surface area contributed by atoms with Gasteiger partial charge in [0.1, 0.15) is 17.2 Å². The van der Waals surface area contributed by atoms with E-state index < -0.39 is 5.91 Å². The molecule has 0 saturated heterocycles. The average Bonchev–Trinajstić information content (AvgIpc) is 3.17. The van der Waals surface area contributed by atoms with Gasteiger partial charge >= 0.3 is 0 Å². The topological polar surface area (TPSA) is 134 Å². The van der Waals surface area contributed by atoms with Crippen LogP contribution in [0.1, 0.15) is 11.4 Å². The Labute approximate surface area is 172 Å². The van der Waals surface area contributed by atoms with E-state index in [4.69, 9.17) is 15.2 Å². The average molecular weight is 408 g/mol. The normalized spacial score (nSPS) is 10.7. The smallest absolute Gasteiger partial charge is 0.255 e. The number of anilines is 1. The highest BCUT2D eigenvalue weighted by Gasteiger charge is 2.12. The number of hydrogen-bond acceptors (Lipinski definition) is 7. The highest BCUT2D eigenvalue weighted by molar-refractivity contribution is 6.02. The molecule has 3 aromatic rings. The van der Waals surface area contributed by atoms with Crippen LogP contribution in [0, 0.1) is 6.92 Å². The first-order valence-corrected chi connectivity index (χ1v) is 8.90. The monoisotopic (exact) mass is 408 g/mol. The van der Waals surface area contributed by atoms with Gasteiger partial charge in [-0.05, 0) is 59.3 Å². The van der Waals surface area contributed by atoms with E-state index in [1.165, 1.54) is 10.8 Å². The Kier molecular flexibility index (Phi) is 6.38. The third-order valence-electron chi connectivity index (χ3n) is 3.99. The Hall–Kier alpha value is -4.21. The summed E-state index contributed by atoms with van der Waals surface area (Å²) >= 11 is 0. The maximum absolute atomic E-state index is 12.3. The predicted molar refractivity (Wildman–Crippen MR) is 109 cm³/mol. The molecule has 0 radical (unpaired) electrons. The number of aryl methyl sites for hydroxylation is 1. The van der Waals surface area contributed by atoms with Gasteiger partial charge in [-0.2, -0.15) is 4.68 Å². The van der Waals surface area contributed by atoms with E-state index in [1.807, 2.05) is 0 Å². The highest BCUT2D eigenvalue weighted by Crippen LogP contribution is 2.26. The molecule has 0 fully saturated rings. The number of tetrazole rings is 1. The van der Waals surface area contributed by atoms with Gasteiger partial charge in [0.15, 0.2) is 12.4 Å². The molecule has 0 spiro atoms. The van der Waals surface area contributed by atoms with Gasteiger partial charge in [0.25, 0.3) is 5.91 Å². The molecule has 0 aliphatic carbocycles. The number of methoxy groups -OCH3 is 1. The summed E-state index contributed by atoms with van der Waals surface area (Å²) < 4.78 is 12.1. The summed E-state index contributed by atoms with van der Waals surface area (Å²) in [5.74, 6) is 0.803. The maximum Gasteiger partial charge on any atom is 0.255 e. The Balaban J connectivity index is 1.67. The summed E-state index contributed by atoms with van der Waals surface area (Å²) in [5, 5.41) is 14.2. The number of benzene rings is 2. The molecule has 0 bridgehead atoms. The quantitative estimate of drug-likeness (QED) is 0.539. The molecule has 0 atom stereocenters. The molecule has 0 aliphatic rings. The van der Waals surface area contributed by atoms with Crippen LogP contribution in [0.15, 0.2) is 48.5 Å². The Morgan fingerprint density at radius 1 is 1.20 bits per heavy atom. The molecule has 2 aromatic carbocycles. The number of carbonyl (C=O) groups excluding carboxylic acids is 2. The van der Waals surface area contributed by atoms with Gasteiger partial charge in [0.05, 0.1) is 7.11 Å². The molecule has 0 saturated carbocycles. The third kappa shape index (κ3) is 5.19. The van der Waals surface area contributed by atoms with Crippen LogP contribution in [0.4, 0.5) is 5.69 Å².